The molecule has 0 atom stereocenters. The van der Waals surface area contributed by atoms with E-state index < -0.39 is 0 Å². The SMILES string of the molecule is CCCCCCCC(=O)N/N=C/c1ccc(Br)s1. The van der Waals surface area contributed by atoms with Crippen molar-refractivity contribution >= 4 is 39.4 Å². The normalized spacial score (nSPS) is 11.0. The van der Waals surface area contributed by atoms with E-state index in [4.69, 9.17) is 0 Å². The molecule has 0 unspecified atom stereocenters. The molecule has 0 saturated heterocycles. The molecule has 1 aromatic rings. The zero-order chi connectivity index (χ0) is 13.2. The van der Waals surface area contributed by atoms with Gasteiger partial charge in [0.1, 0.15) is 0 Å². The fraction of sp³-hybridized carbons (Fsp3) is 0.538. The molecule has 100 valence electrons. The molecule has 0 radical (unpaired) electrons. The van der Waals surface area contributed by atoms with Crippen LogP contribution in [0.15, 0.2) is 21.0 Å². The summed E-state index contributed by atoms with van der Waals surface area (Å²) < 4.78 is 1.06. The number of nitrogens with zero attached hydrogens (tertiary/aromatic N) is 1. The number of hydrogen-bond acceptors (Lipinski definition) is 3. The molecule has 3 nitrogen and oxygen atoms in total. The van der Waals surface area contributed by atoms with Crippen LogP contribution in [0.2, 0.25) is 0 Å². The van der Waals surface area contributed by atoms with Gasteiger partial charge in [0, 0.05) is 11.3 Å². The first-order valence-electron chi connectivity index (χ1n) is 6.29. The fourth-order valence-corrected chi connectivity index (χ4v) is 2.81. The molecule has 0 aromatic carbocycles. The molecule has 1 rings (SSSR count). The summed E-state index contributed by atoms with van der Waals surface area (Å²) in [5.74, 6) is -0.00151. The molecule has 0 aliphatic rings. The number of amides is 1. The van der Waals surface area contributed by atoms with Gasteiger partial charge in [-0.25, -0.2) is 5.43 Å². The average Bonchev–Trinajstić information content (AvgIpc) is 2.75. The maximum atomic E-state index is 11.4. The maximum absolute atomic E-state index is 11.4. The highest BCUT2D eigenvalue weighted by atomic mass is 79.9. The quantitative estimate of drug-likeness (QED) is 0.430. The summed E-state index contributed by atoms with van der Waals surface area (Å²) in [5.41, 5.74) is 2.55. The summed E-state index contributed by atoms with van der Waals surface area (Å²) in [6.07, 6.45) is 8.02. The van der Waals surface area contributed by atoms with Crippen molar-refractivity contribution in [1.82, 2.24) is 5.43 Å². The molecule has 0 fully saturated rings. The zero-order valence-electron chi connectivity index (χ0n) is 10.6. The summed E-state index contributed by atoms with van der Waals surface area (Å²) in [7, 11) is 0. The van der Waals surface area contributed by atoms with Crippen molar-refractivity contribution < 1.29 is 4.79 Å². The van der Waals surface area contributed by atoms with Crippen molar-refractivity contribution in [3.8, 4) is 0 Å². The molecule has 18 heavy (non-hydrogen) atoms. The van der Waals surface area contributed by atoms with Crippen molar-refractivity contribution in [2.75, 3.05) is 0 Å². The first-order valence-corrected chi connectivity index (χ1v) is 7.90. The Balaban J connectivity index is 2.11. The van der Waals surface area contributed by atoms with Crippen LogP contribution >= 0.6 is 27.3 Å². The first-order chi connectivity index (χ1) is 8.72. The zero-order valence-corrected chi connectivity index (χ0v) is 13.0. The average molecular weight is 331 g/mol. The standard InChI is InChI=1S/C13H19BrN2OS/c1-2-3-4-5-6-7-13(17)16-15-10-11-8-9-12(14)18-11/h8-10H,2-7H2,1H3,(H,16,17)/b15-10+. The topological polar surface area (TPSA) is 41.5 Å². The van der Waals surface area contributed by atoms with E-state index in [-0.39, 0.29) is 5.91 Å². The molecule has 0 spiro atoms. The van der Waals surface area contributed by atoms with Gasteiger partial charge in [0.25, 0.3) is 0 Å². The van der Waals surface area contributed by atoms with Crippen LogP contribution in [0.4, 0.5) is 0 Å². The third-order valence-electron chi connectivity index (χ3n) is 2.48. The summed E-state index contributed by atoms with van der Waals surface area (Å²) in [6, 6.07) is 3.91. The predicted molar refractivity (Wildman–Crippen MR) is 81.1 cm³/mol. The Kier molecular flexibility index (Phi) is 7.93. The maximum Gasteiger partial charge on any atom is 0.240 e. The van der Waals surface area contributed by atoms with Crippen LogP contribution in [0.1, 0.15) is 50.3 Å². The Bertz CT molecular complexity index is 390. The fourth-order valence-electron chi connectivity index (χ4n) is 1.51. The Morgan fingerprint density at radius 2 is 2.17 bits per heavy atom. The van der Waals surface area contributed by atoms with Gasteiger partial charge in [0.05, 0.1) is 10.0 Å². The van der Waals surface area contributed by atoms with Gasteiger partial charge in [-0.05, 0) is 34.5 Å². The first kappa shape index (κ1) is 15.4. The summed E-state index contributed by atoms with van der Waals surface area (Å²) in [4.78, 5) is 12.5. The molecule has 0 aliphatic carbocycles. The van der Waals surface area contributed by atoms with Crippen LogP contribution < -0.4 is 5.43 Å². The summed E-state index contributed by atoms with van der Waals surface area (Å²) >= 11 is 4.96. The Labute approximate surface area is 121 Å². The van der Waals surface area contributed by atoms with E-state index in [2.05, 4.69) is 33.4 Å². The van der Waals surface area contributed by atoms with E-state index in [1.54, 1.807) is 17.6 Å². The van der Waals surface area contributed by atoms with Gasteiger partial charge in [-0.15, -0.1) is 11.3 Å². The molecule has 1 amide bonds. The molecule has 1 N–H and O–H groups in total. The van der Waals surface area contributed by atoms with E-state index >= 15 is 0 Å². The lowest BCUT2D eigenvalue weighted by Crippen LogP contribution is -2.16. The number of halogens is 1. The number of unbranched alkanes of at least 4 members (excludes halogenated alkanes) is 4. The van der Waals surface area contributed by atoms with Crippen molar-refractivity contribution in [3.05, 3.63) is 20.8 Å². The van der Waals surface area contributed by atoms with Gasteiger partial charge in [0.2, 0.25) is 5.91 Å². The van der Waals surface area contributed by atoms with Crippen molar-refractivity contribution in [2.24, 2.45) is 5.10 Å². The van der Waals surface area contributed by atoms with E-state index in [9.17, 15) is 4.79 Å². The Morgan fingerprint density at radius 1 is 1.39 bits per heavy atom. The lowest BCUT2D eigenvalue weighted by Gasteiger charge is -1.99. The van der Waals surface area contributed by atoms with E-state index in [1.807, 2.05) is 12.1 Å². The number of carbonyl (C=O) groups is 1. The van der Waals surface area contributed by atoms with Crippen LogP contribution in [-0.2, 0) is 4.79 Å². The molecule has 0 bridgehead atoms. The molecule has 0 aliphatic heterocycles. The predicted octanol–water partition coefficient (Wildman–Crippen LogP) is 4.32. The largest absolute Gasteiger partial charge is 0.273 e. The number of hydrazone groups is 1. The number of hydrogen-bond donors (Lipinski definition) is 1. The number of carbonyl (C=O) groups excluding carboxylic acids is 1. The minimum absolute atomic E-state index is 0.00151. The monoisotopic (exact) mass is 330 g/mol. The van der Waals surface area contributed by atoms with Crippen LogP contribution in [0.25, 0.3) is 0 Å². The van der Waals surface area contributed by atoms with Crippen LogP contribution in [-0.4, -0.2) is 12.1 Å². The van der Waals surface area contributed by atoms with E-state index in [1.165, 1.54) is 19.3 Å². The molecule has 1 aromatic heterocycles. The summed E-state index contributed by atoms with van der Waals surface area (Å²) in [5, 5.41) is 3.93. The lowest BCUT2D eigenvalue weighted by molar-refractivity contribution is -0.121. The molecule has 0 saturated carbocycles. The van der Waals surface area contributed by atoms with Crippen molar-refractivity contribution in [1.29, 1.82) is 0 Å². The van der Waals surface area contributed by atoms with Gasteiger partial charge in [-0.3, -0.25) is 4.79 Å². The van der Waals surface area contributed by atoms with Gasteiger partial charge < -0.3 is 0 Å². The van der Waals surface area contributed by atoms with Gasteiger partial charge >= 0.3 is 0 Å². The van der Waals surface area contributed by atoms with Gasteiger partial charge in [-0.1, -0.05) is 32.6 Å². The van der Waals surface area contributed by atoms with Crippen molar-refractivity contribution in [3.63, 3.8) is 0 Å². The number of rotatable bonds is 8. The number of thiophene rings is 1. The van der Waals surface area contributed by atoms with Gasteiger partial charge in [0.15, 0.2) is 0 Å². The molecular weight excluding hydrogens is 312 g/mol. The minimum Gasteiger partial charge on any atom is -0.273 e. The second-order valence-electron chi connectivity index (χ2n) is 4.10. The molecule has 1 heterocycles. The number of nitrogens with one attached hydrogen (secondary N) is 1. The van der Waals surface area contributed by atoms with E-state index in [0.717, 1.165) is 21.5 Å². The smallest absolute Gasteiger partial charge is 0.240 e. The molecular formula is C13H19BrN2OS. The third-order valence-corrected chi connectivity index (χ3v) is 4.04. The van der Waals surface area contributed by atoms with Crippen molar-refractivity contribution in [2.45, 2.75) is 45.4 Å². The minimum atomic E-state index is -0.00151. The van der Waals surface area contributed by atoms with E-state index in [0.29, 0.717) is 6.42 Å². The lowest BCUT2D eigenvalue weighted by atomic mass is 10.1. The Hall–Kier alpha value is -0.680. The van der Waals surface area contributed by atoms with Crippen LogP contribution in [0.5, 0.6) is 0 Å². The third kappa shape index (κ3) is 6.91. The van der Waals surface area contributed by atoms with Crippen LogP contribution in [0.3, 0.4) is 0 Å². The highest BCUT2D eigenvalue weighted by Crippen LogP contribution is 2.20. The Morgan fingerprint density at radius 3 is 2.83 bits per heavy atom. The summed E-state index contributed by atoms with van der Waals surface area (Å²) in [6.45, 7) is 2.18. The highest BCUT2D eigenvalue weighted by Gasteiger charge is 1.99. The second-order valence-corrected chi connectivity index (χ2v) is 6.59. The second kappa shape index (κ2) is 9.28. The molecule has 5 heteroatoms. The highest BCUT2D eigenvalue weighted by molar-refractivity contribution is 9.11. The van der Waals surface area contributed by atoms with Crippen LogP contribution in [0, 0.1) is 0 Å². The van der Waals surface area contributed by atoms with Gasteiger partial charge in [-0.2, -0.15) is 5.10 Å².